The number of aromatic nitrogens is 1. The van der Waals surface area contributed by atoms with E-state index >= 15 is 0 Å². The van der Waals surface area contributed by atoms with Gasteiger partial charge >= 0.3 is 0 Å². The molecule has 0 aliphatic heterocycles. The molecule has 0 bridgehead atoms. The fourth-order valence-corrected chi connectivity index (χ4v) is 1.60. The Balaban J connectivity index is 2.11. The van der Waals surface area contributed by atoms with Crippen molar-refractivity contribution in [2.24, 2.45) is 0 Å². The summed E-state index contributed by atoms with van der Waals surface area (Å²) in [6.07, 6.45) is 1.58. The zero-order chi connectivity index (χ0) is 13.7. The van der Waals surface area contributed by atoms with Crippen LogP contribution in [-0.4, -0.2) is 23.0 Å². The highest BCUT2D eigenvalue weighted by atomic mass is 16.3. The number of hydrogen-bond acceptors (Lipinski definition) is 4. The fourth-order valence-electron chi connectivity index (χ4n) is 1.60. The monoisotopic (exact) mass is 257 g/mol. The molecule has 0 saturated heterocycles. The Morgan fingerprint density at radius 2 is 1.95 bits per heavy atom. The van der Waals surface area contributed by atoms with Crippen molar-refractivity contribution >= 4 is 17.3 Å². The molecule has 0 spiro atoms. The van der Waals surface area contributed by atoms with E-state index in [2.05, 4.69) is 15.6 Å². The second kappa shape index (κ2) is 5.97. The first-order chi connectivity index (χ1) is 9.22. The van der Waals surface area contributed by atoms with E-state index in [9.17, 15) is 4.79 Å². The minimum atomic E-state index is -0.270. The molecular formula is C14H15N3O2. The molecule has 98 valence electrons. The molecule has 1 aromatic heterocycles. The number of pyridine rings is 1. The summed E-state index contributed by atoms with van der Waals surface area (Å²) in [5, 5.41) is 14.6. The molecule has 19 heavy (non-hydrogen) atoms. The van der Waals surface area contributed by atoms with Gasteiger partial charge in [0, 0.05) is 24.6 Å². The first kappa shape index (κ1) is 13.0. The van der Waals surface area contributed by atoms with Gasteiger partial charge in [0.1, 0.15) is 5.69 Å². The highest BCUT2D eigenvalue weighted by Gasteiger charge is 2.08. The lowest BCUT2D eigenvalue weighted by Crippen LogP contribution is -2.13. The van der Waals surface area contributed by atoms with E-state index in [1.54, 1.807) is 49.6 Å². The summed E-state index contributed by atoms with van der Waals surface area (Å²) < 4.78 is 0. The zero-order valence-corrected chi connectivity index (χ0v) is 10.6. The molecule has 2 aromatic rings. The maximum atomic E-state index is 12.0. The van der Waals surface area contributed by atoms with Gasteiger partial charge in [-0.25, -0.2) is 0 Å². The van der Waals surface area contributed by atoms with Crippen LogP contribution in [0.25, 0.3) is 0 Å². The van der Waals surface area contributed by atoms with Crippen LogP contribution in [0.5, 0.6) is 0 Å². The third-order valence-electron chi connectivity index (χ3n) is 2.68. The molecule has 1 heterocycles. The van der Waals surface area contributed by atoms with Crippen LogP contribution in [0.1, 0.15) is 16.1 Å². The van der Waals surface area contributed by atoms with E-state index in [1.807, 2.05) is 0 Å². The van der Waals surface area contributed by atoms with Crippen molar-refractivity contribution in [3.05, 3.63) is 53.9 Å². The molecule has 0 atom stereocenters. The molecule has 5 heteroatoms. The van der Waals surface area contributed by atoms with Gasteiger partial charge in [0.2, 0.25) is 0 Å². The van der Waals surface area contributed by atoms with E-state index in [-0.39, 0.29) is 12.5 Å². The van der Waals surface area contributed by atoms with Gasteiger partial charge in [0.25, 0.3) is 5.91 Å². The second-order valence-corrected chi connectivity index (χ2v) is 3.99. The van der Waals surface area contributed by atoms with Gasteiger partial charge in [-0.15, -0.1) is 0 Å². The number of benzene rings is 1. The molecule has 0 saturated carbocycles. The lowest BCUT2D eigenvalue weighted by Gasteiger charge is -2.06. The number of anilines is 2. The Kier molecular flexibility index (Phi) is 4.10. The zero-order valence-electron chi connectivity index (χ0n) is 10.6. The maximum Gasteiger partial charge on any atom is 0.274 e. The Labute approximate surface area is 111 Å². The van der Waals surface area contributed by atoms with Gasteiger partial charge in [-0.2, -0.15) is 0 Å². The molecule has 0 aliphatic rings. The average Bonchev–Trinajstić information content (AvgIpc) is 2.48. The van der Waals surface area contributed by atoms with E-state index in [0.717, 1.165) is 11.3 Å². The normalized spacial score (nSPS) is 10.0. The summed E-state index contributed by atoms with van der Waals surface area (Å²) in [4.78, 5) is 16.0. The van der Waals surface area contributed by atoms with Crippen LogP contribution in [0.2, 0.25) is 0 Å². The van der Waals surface area contributed by atoms with E-state index < -0.39 is 0 Å². The lowest BCUT2D eigenvalue weighted by atomic mass is 10.2. The number of carbonyl (C=O) groups excluding carboxylic acids is 1. The third kappa shape index (κ3) is 3.29. The summed E-state index contributed by atoms with van der Waals surface area (Å²) in [5.41, 5.74) is 2.64. The van der Waals surface area contributed by atoms with Crippen molar-refractivity contribution < 1.29 is 9.90 Å². The lowest BCUT2D eigenvalue weighted by molar-refractivity contribution is 0.102. The van der Waals surface area contributed by atoms with Gasteiger partial charge < -0.3 is 15.7 Å². The summed E-state index contributed by atoms with van der Waals surface area (Å²) in [6, 6.07) is 10.5. The van der Waals surface area contributed by atoms with Crippen LogP contribution in [0.15, 0.2) is 42.6 Å². The van der Waals surface area contributed by atoms with Crippen molar-refractivity contribution in [1.29, 1.82) is 0 Å². The van der Waals surface area contributed by atoms with Crippen molar-refractivity contribution in [2.75, 3.05) is 17.7 Å². The minimum Gasteiger partial charge on any atom is -0.392 e. The van der Waals surface area contributed by atoms with Crippen molar-refractivity contribution in [1.82, 2.24) is 4.98 Å². The number of nitrogens with one attached hydrogen (secondary N) is 2. The Hall–Kier alpha value is -2.40. The number of carbonyl (C=O) groups is 1. The molecule has 1 aromatic carbocycles. The molecule has 5 nitrogen and oxygen atoms in total. The maximum absolute atomic E-state index is 12.0. The van der Waals surface area contributed by atoms with Gasteiger partial charge in [-0.05, 0) is 29.8 Å². The fraction of sp³-hybridized carbons (Fsp3) is 0.143. The minimum absolute atomic E-state index is 0.0139. The smallest absolute Gasteiger partial charge is 0.274 e. The first-order valence-electron chi connectivity index (χ1n) is 5.88. The number of amides is 1. The summed E-state index contributed by atoms with van der Waals surface area (Å²) in [5.74, 6) is -0.270. The number of rotatable bonds is 4. The predicted molar refractivity (Wildman–Crippen MR) is 74.1 cm³/mol. The standard InChI is InChI=1S/C14H15N3O2/c1-15-12-6-7-16-13(8-12)14(19)17-11-4-2-10(9-18)3-5-11/h2-8,18H,9H2,1H3,(H,15,16)(H,17,19). The topological polar surface area (TPSA) is 74.2 Å². The van der Waals surface area contributed by atoms with Crippen LogP contribution in [0, 0.1) is 0 Å². The van der Waals surface area contributed by atoms with Crippen LogP contribution < -0.4 is 10.6 Å². The largest absolute Gasteiger partial charge is 0.392 e. The van der Waals surface area contributed by atoms with Gasteiger partial charge in [0.15, 0.2) is 0 Å². The van der Waals surface area contributed by atoms with E-state index in [1.165, 1.54) is 0 Å². The molecule has 0 unspecified atom stereocenters. The van der Waals surface area contributed by atoms with Crippen LogP contribution in [0.4, 0.5) is 11.4 Å². The Morgan fingerprint density at radius 1 is 1.21 bits per heavy atom. The highest BCUT2D eigenvalue weighted by Crippen LogP contribution is 2.12. The average molecular weight is 257 g/mol. The Bertz CT molecular complexity index is 567. The number of hydrogen-bond donors (Lipinski definition) is 3. The molecule has 1 amide bonds. The highest BCUT2D eigenvalue weighted by molar-refractivity contribution is 6.03. The summed E-state index contributed by atoms with van der Waals surface area (Å²) in [7, 11) is 1.78. The second-order valence-electron chi connectivity index (χ2n) is 3.99. The Morgan fingerprint density at radius 3 is 2.58 bits per heavy atom. The van der Waals surface area contributed by atoms with E-state index in [4.69, 9.17) is 5.11 Å². The summed E-state index contributed by atoms with van der Waals surface area (Å²) in [6.45, 7) is -0.0139. The van der Waals surface area contributed by atoms with Crippen molar-refractivity contribution in [2.45, 2.75) is 6.61 Å². The van der Waals surface area contributed by atoms with Crippen molar-refractivity contribution in [3.63, 3.8) is 0 Å². The number of aliphatic hydroxyl groups excluding tert-OH is 1. The third-order valence-corrected chi connectivity index (χ3v) is 2.68. The molecule has 0 radical (unpaired) electrons. The summed E-state index contributed by atoms with van der Waals surface area (Å²) >= 11 is 0. The van der Waals surface area contributed by atoms with Crippen LogP contribution >= 0.6 is 0 Å². The molecule has 2 rings (SSSR count). The van der Waals surface area contributed by atoms with Crippen LogP contribution in [0.3, 0.4) is 0 Å². The molecule has 3 N–H and O–H groups in total. The predicted octanol–water partition coefficient (Wildman–Crippen LogP) is 1.87. The van der Waals surface area contributed by atoms with Crippen LogP contribution in [-0.2, 0) is 6.61 Å². The molecule has 0 aliphatic carbocycles. The number of aliphatic hydroxyl groups is 1. The van der Waals surface area contributed by atoms with Gasteiger partial charge in [-0.1, -0.05) is 12.1 Å². The number of nitrogens with zero attached hydrogens (tertiary/aromatic N) is 1. The first-order valence-corrected chi connectivity index (χ1v) is 5.88. The molecule has 0 fully saturated rings. The van der Waals surface area contributed by atoms with E-state index in [0.29, 0.717) is 11.4 Å². The van der Waals surface area contributed by atoms with Gasteiger partial charge in [0.05, 0.1) is 6.61 Å². The quantitative estimate of drug-likeness (QED) is 0.781. The van der Waals surface area contributed by atoms with Gasteiger partial charge in [-0.3, -0.25) is 9.78 Å². The van der Waals surface area contributed by atoms with Crippen molar-refractivity contribution in [3.8, 4) is 0 Å². The molecular weight excluding hydrogens is 242 g/mol. The SMILES string of the molecule is CNc1ccnc(C(=O)Nc2ccc(CO)cc2)c1.